The highest BCUT2D eigenvalue weighted by Crippen LogP contribution is 2.30. The monoisotopic (exact) mass is 374 g/mol. The van der Waals surface area contributed by atoms with Gasteiger partial charge in [-0.25, -0.2) is 5.10 Å². The van der Waals surface area contributed by atoms with Crippen LogP contribution in [-0.2, 0) is 0 Å². The normalized spacial score (nSPS) is 11.0. The fourth-order valence-corrected chi connectivity index (χ4v) is 2.75. The van der Waals surface area contributed by atoms with E-state index in [0.29, 0.717) is 27.1 Å². The third-order valence-corrected chi connectivity index (χ3v) is 4.10. The molecule has 8 heteroatoms. The molecule has 0 aliphatic carbocycles. The Hall–Kier alpha value is -2.64. The van der Waals surface area contributed by atoms with Crippen molar-refractivity contribution in [2.75, 3.05) is 14.2 Å². The predicted octanol–water partition coefficient (Wildman–Crippen LogP) is 4.16. The van der Waals surface area contributed by atoms with Gasteiger partial charge in [0.15, 0.2) is 17.3 Å². The topological polar surface area (TPSA) is 64.4 Å². The molecule has 0 saturated heterocycles. The summed E-state index contributed by atoms with van der Waals surface area (Å²) < 4.78 is 12.6. The smallest absolute Gasteiger partial charge is 0.216 e. The highest BCUT2D eigenvalue weighted by Gasteiger charge is 2.12. The first-order chi connectivity index (χ1) is 12.2. The van der Waals surface area contributed by atoms with E-state index in [1.54, 1.807) is 26.5 Å². The molecule has 0 radical (unpaired) electrons. The number of aromatic amines is 1. The molecule has 0 aliphatic heterocycles. The van der Waals surface area contributed by atoms with Gasteiger partial charge in [-0.05, 0) is 36.5 Å². The second kappa shape index (κ2) is 7.50. The maximum Gasteiger partial charge on any atom is 0.216 e. The van der Waals surface area contributed by atoms with Gasteiger partial charge < -0.3 is 9.47 Å². The lowest BCUT2D eigenvalue weighted by Crippen LogP contribution is -1.98. The molecule has 3 rings (SSSR count). The predicted molar refractivity (Wildman–Crippen MR) is 100 cm³/mol. The number of hydrogen-bond donors (Lipinski definition) is 1. The van der Waals surface area contributed by atoms with Crippen molar-refractivity contribution in [3.63, 3.8) is 0 Å². The summed E-state index contributed by atoms with van der Waals surface area (Å²) in [4.78, 5) is 0. The Bertz CT molecular complexity index is 981. The molecule has 1 aromatic heterocycles. The molecule has 2 aromatic carbocycles. The zero-order chi connectivity index (χ0) is 17.8. The number of nitrogens with zero attached hydrogens (tertiary/aromatic N) is 3. The maximum atomic E-state index is 6.25. The number of rotatable bonds is 5. The Morgan fingerprint density at radius 3 is 2.68 bits per heavy atom. The number of halogens is 1. The second-order valence-electron chi connectivity index (χ2n) is 4.97. The zero-order valence-corrected chi connectivity index (χ0v) is 15.1. The minimum absolute atomic E-state index is 0.355. The van der Waals surface area contributed by atoms with Crippen LogP contribution in [0.25, 0.3) is 11.4 Å². The van der Waals surface area contributed by atoms with Crippen LogP contribution < -0.4 is 9.47 Å². The third kappa shape index (κ3) is 3.42. The van der Waals surface area contributed by atoms with Crippen molar-refractivity contribution in [2.45, 2.75) is 0 Å². The zero-order valence-electron chi connectivity index (χ0n) is 13.6. The first-order valence-electron chi connectivity index (χ1n) is 7.33. The van der Waals surface area contributed by atoms with Gasteiger partial charge in [0.2, 0.25) is 4.77 Å². The Morgan fingerprint density at radius 1 is 1.16 bits per heavy atom. The van der Waals surface area contributed by atoms with E-state index in [2.05, 4.69) is 15.3 Å². The Balaban J connectivity index is 2.06. The Labute approximate surface area is 154 Å². The Morgan fingerprint density at radius 2 is 1.96 bits per heavy atom. The van der Waals surface area contributed by atoms with Crippen molar-refractivity contribution < 1.29 is 9.47 Å². The number of benzene rings is 2. The molecule has 6 nitrogen and oxygen atoms in total. The summed E-state index contributed by atoms with van der Waals surface area (Å²) in [6.07, 6.45) is 1.63. The van der Waals surface area contributed by atoms with Crippen molar-refractivity contribution in [3.8, 4) is 22.9 Å². The van der Waals surface area contributed by atoms with Crippen LogP contribution in [-0.4, -0.2) is 35.3 Å². The largest absolute Gasteiger partial charge is 0.493 e. The molecule has 25 heavy (non-hydrogen) atoms. The molecule has 0 aliphatic rings. The highest BCUT2D eigenvalue weighted by molar-refractivity contribution is 7.71. The third-order valence-electron chi connectivity index (χ3n) is 3.51. The minimum atomic E-state index is 0.355. The van der Waals surface area contributed by atoms with E-state index in [0.717, 1.165) is 11.1 Å². The summed E-state index contributed by atoms with van der Waals surface area (Å²) in [6, 6.07) is 12.9. The lowest BCUT2D eigenvalue weighted by atomic mass is 10.2. The van der Waals surface area contributed by atoms with Gasteiger partial charge in [0.05, 0.1) is 25.5 Å². The van der Waals surface area contributed by atoms with E-state index in [1.807, 2.05) is 36.4 Å². The summed E-state index contributed by atoms with van der Waals surface area (Å²) in [6.45, 7) is 0. The molecular weight excluding hydrogens is 360 g/mol. The van der Waals surface area contributed by atoms with Gasteiger partial charge >= 0.3 is 0 Å². The molecule has 128 valence electrons. The van der Waals surface area contributed by atoms with E-state index in [-0.39, 0.29) is 0 Å². The van der Waals surface area contributed by atoms with Crippen LogP contribution in [0.3, 0.4) is 0 Å². The molecule has 0 unspecified atom stereocenters. The fourth-order valence-electron chi connectivity index (χ4n) is 2.35. The first-order valence-corrected chi connectivity index (χ1v) is 8.12. The molecule has 0 atom stereocenters. The number of para-hydroxylation sites is 1. The number of nitrogens with one attached hydrogen (secondary N) is 1. The average molecular weight is 375 g/mol. The molecule has 1 N–H and O–H groups in total. The quantitative estimate of drug-likeness (QED) is 0.538. The standard InChI is InChI=1S/C17H15ClN4O2S/c1-23-14-9-5-6-11(15(14)24-2)10-19-22-16(20-21-17(22)25)12-7-3-4-8-13(12)18/h3-10H,1-2H3,(H,21,25)/b19-10-. The van der Waals surface area contributed by atoms with Gasteiger partial charge in [-0.2, -0.15) is 14.9 Å². The van der Waals surface area contributed by atoms with Gasteiger partial charge in [-0.3, -0.25) is 0 Å². The number of H-pyrrole nitrogens is 1. The van der Waals surface area contributed by atoms with E-state index in [1.165, 1.54) is 4.68 Å². The van der Waals surface area contributed by atoms with Crippen molar-refractivity contribution in [1.29, 1.82) is 0 Å². The van der Waals surface area contributed by atoms with E-state index < -0.39 is 0 Å². The number of hydrogen-bond acceptors (Lipinski definition) is 5. The van der Waals surface area contributed by atoms with Gasteiger partial charge in [-0.1, -0.05) is 29.8 Å². The van der Waals surface area contributed by atoms with E-state index >= 15 is 0 Å². The summed E-state index contributed by atoms with van der Waals surface area (Å²) in [5.74, 6) is 1.73. The first kappa shape index (κ1) is 17.2. The van der Waals surface area contributed by atoms with Gasteiger partial charge in [0.25, 0.3) is 0 Å². The lowest BCUT2D eigenvalue weighted by Gasteiger charge is -2.09. The second-order valence-corrected chi connectivity index (χ2v) is 5.77. The van der Waals surface area contributed by atoms with Crippen LogP contribution in [0.5, 0.6) is 11.5 Å². The molecule has 3 aromatic rings. The summed E-state index contributed by atoms with van der Waals surface area (Å²) >= 11 is 11.5. The summed E-state index contributed by atoms with van der Waals surface area (Å²) in [5.41, 5.74) is 1.47. The van der Waals surface area contributed by atoms with Gasteiger partial charge in [0, 0.05) is 11.1 Å². The van der Waals surface area contributed by atoms with Crippen molar-refractivity contribution in [2.24, 2.45) is 5.10 Å². The molecule has 0 saturated carbocycles. The molecule has 0 bridgehead atoms. The van der Waals surface area contributed by atoms with Crippen molar-refractivity contribution >= 4 is 30.0 Å². The van der Waals surface area contributed by atoms with E-state index in [9.17, 15) is 0 Å². The average Bonchev–Trinajstić information content (AvgIpc) is 3.00. The molecule has 0 spiro atoms. The van der Waals surface area contributed by atoms with E-state index in [4.69, 9.17) is 33.3 Å². The maximum absolute atomic E-state index is 6.25. The Kier molecular flexibility index (Phi) is 5.16. The van der Waals surface area contributed by atoms with Crippen LogP contribution >= 0.6 is 23.8 Å². The van der Waals surface area contributed by atoms with Crippen LogP contribution in [0, 0.1) is 4.77 Å². The molecule has 0 amide bonds. The van der Waals surface area contributed by atoms with Crippen LogP contribution in [0.2, 0.25) is 5.02 Å². The van der Waals surface area contributed by atoms with Crippen LogP contribution in [0.4, 0.5) is 0 Å². The SMILES string of the molecule is COc1cccc(/C=N\n2c(-c3ccccc3Cl)n[nH]c2=S)c1OC. The number of aromatic nitrogens is 3. The van der Waals surface area contributed by atoms with Gasteiger partial charge in [-0.15, -0.1) is 0 Å². The molecule has 1 heterocycles. The van der Waals surface area contributed by atoms with Gasteiger partial charge in [0.1, 0.15) is 0 Å². The molecular formula is C17H15ClN4O2S. The van der Waals surface area contributed by atoms with Crippen LogP contribution in [0.1, 0.15) is 5.56 Å². The fraction of sp³-hybridized carbons (Fsp3) is 0.118. The molecule has 0 fully saturated rings. The van der Waals surface area contributed by atoms with Crippen LogP contribution in [0.15, 0.2) is 47.6 Å². The van der Waals surface area contributed by atoms with Crippen molar-refractivity contribution in [1.82, 2.24) is 14.9 Å². The highest BCUT2D eigenvalue weighted by atomic mass is 35.5. The number of ether oxygens (including phenoxy) is 2. The van der Waals surface area contributed by atoms with Crippen molar-refractivity contribution in [3.05, 3.63) is 57.8 Å². The minimum Gasteiger partial charge on any atom is -0.493 e. The summed E-state index contributed by atoms with van der Waals surface area (Å²) in [5, 5.41) is 12.0. The lowest BCUT2D eigenvalue weighted by molar-refractivity contribution is 0.354. The number of methoxy groups -OCH3 is 2. The summed E-state index contributed by atoms with van der Waals surface area (Å²) in [7, 11) is 3.16.